The maximum absolute atomic E-state index is 11.1. The van der Waals surface area contributed by atoms with Gasteiger partial charge in [0, 0.05) is 6.42 Å². The predicted octanol–water partition coefficient (Wildman–Crippen LogP) is 1.52. The first-order chi connectivity index (χ1) is 5.25. The topological polar surface area (TPSA) is 37.3 Å². The summed E-state index contributed by atoms with van der Waals surface area (Å²) in [7, 11) is 0. The van der Waals surface area contributed by atoms with E-state index in [2.05, 4.69) is 6.92 Å². The predicted molar refractivity (Wildman–Crippen MR) is 43.3 cm³/mol. The highest BCUT2D eigenvalue weighted by Crippen LogP contribution is 2.33. The van der Waals surface area contributed by atoms with Crippen molar-refractivity contribution in [3.8, 4) is 0 Å². The molecule has 2 nitrogen and oxygen atoms in total. The highest BCUT2D eigenvalue weighted by atomic mass is 16.3. The molecule has 64 valence electrons. The van der Waals surface area contributed by atoms with E-state index in [0.29, 0.717) is 12.3 Å². The van der Waals surface area contributed by atoms with Crippen LogP contribution in [0.3, 0.4) is 0 Å². The molecule has 1 saturated carbocycles. The molecule has 1 atom stereocenters. The minimum atomic E-state index is -0.637. The van der Waals surface area contributed by atoms with Crippen molar-refractivity contribution in [2.24, 2.45) is 5.92 Å². The van der Waals surface area contributed by atoms with E-state index >= 15 is 0 Å². The van der Waals surface area contributed by atoms with E-state index in [0.717, 1.165) is 25.7 Å². The number of carbonyl (C=O) groups is 1. The summed E-state index contributed by atoms with van der Waals surface area (Å²) < 4.78 is 0. The number of Topliss-reactive ketones (excluding diaryl/α,β-unsaturated/α-hetero) is 1. The van der Waals surface area contributed by atoms with E-state index in [1.54, 1.807) is 0 Å². The van der Waals surface area contributed by atoms with E-state index < -0.39 is 6.10 Å². The Morgan fingerprint density at radius 3 is 2.73 bits per heavy atom. The van der Waals surface area contributed by atoms with Crippen molar-refractivity contribution in [1.82, 2.24) is 0 Å². The van der Waals surface area contributed by atoms with Crippen molar-refractivity contribution >= 4 is 5.78 Å². The summed E-state index contributed by atoms with van der Waals surface area (Å²) in [6.07, 6.45) is 3.96. The molecule has 1 unspecified atom stereocenters. The van der Waals surface area contributed by atoms with Crippen LogP contribution in [-0.2, 0) is 4.79 Å². The second kappa shape index (κ2) is 3.86. The largest absolute Gasteiger partial charge is 0.385 e. The SMILES string of the molecule is CCCCC(=O)C(O)C1CC1. The van der Waals surface area contributed by atoms with E-state index in [1.807, 2.05) is 0 Å². The van der Waals surface area contributed by atoms with Gasteiger partial charge in [0.05, 0.1) is 0 Å². The summed E-state index contributed by atoms with van der Waals surface area (Å²) >= 11 is 0. The number of unbranched alkanes of at least 4 members (excludes halogenated alkanes) is 1. The van der Waals surface area contributed by atoms with E-state index in [1.165, 1.54) is 0 Å². The van der Waals surface area contributed by atoms with Gasteiger partial charge in [0.15, 0.2) is 5.78 Å². The maximum Gasteiger partial charge on any atom is 0.161 e. The summed E-state index contributed by atoms with van der Waals surface area (Å²) in [4.78, 5) is 11.1. The number of ketones is 1. The second-order valence-electron chi connectivity index (χ2n) is 3.35. The van der Waals surface area contributed by atoms with Crippen molar-refractivity contribution < 1.29 is 9.90 Å². The monoisotopic (exact) mass is 156 g/mol. The van der Waals surface area contributed by atoms with Crippen molar-refractivity contribution in [2.75, 3.05) is 0 Å². The molecule has 0 heterocycles. The standard InChI is InChI=1S/C9H16O2/c1-2-3-4-8(10)9(11)7-5-6-7/h7,9,11H,2-6H2,1H3. The zero-order chi connectivity index (χ0) is 8.27. The van der Waals surface area contributed by atoms with Crippen LogP contribution < -0.4 is 0 Å². The van der Waals surface area contributed by atoms with Crippen LogP contribution in [0.1, 0.15) is 39.0 Å². The molecular weight excluding hydrogens is 140 g/mol. The lowest BCUT2D eigenvalue weighted by Crippen LogP contribution is -2.21. The van der Waals surface area contributed by atoms with Gasteiger partial charge in [-0.1, -0.05) is 13.3 Å². The molecule has 0 radical (unpaired) electrons. The molecule has 0 amide bonds. The molecule has 0 saturated heterocycles. The number of rotatable bonds is 5. The molecule has 1 rings (SSSR count). The molecule has 11 heavy (non-hydrogen) atoms. The molecule has 0 bridgehead atoms. The molecule has 2 heteroatoms. The van der Waals surface area contributed by atoms with Crippen LogP contribution >= 0.6 is 0 Å². The quantitative estimate of drug-likeness (QED) is 0.655. The van der Waals surface area contributed by atoms with Crippen molar-refractivity contribution in [1.29, 1.82) is 0 Å². The van der Waals surface area contributed by atoms with Crippen LogP contribution in [0.25, 0.3) is 0 Å². The van der Waals surface area contributed by atoms with Gasteiger partial charge < -0.3 is 5.11 Å². The average Bonchev–Trinajstić information content (AvgIpc) is 2.81. The first kappa shape index (κ1) is 8.72. The molecule has 0 aromatic heterocycles. The minimum Gasteiger partial charge on any atom is -0.385 e. The molecule has 0 aliphatic heterocycles. The van der Waals surface area contributed by atoms with Crippen LogP contribution in [0.2, 0.25) is 0 Å². The van der Waals surface area contributed by atoms with Gasteiger partial charge in [-0.3, -0.25) is 4.79 Å². The van der Waals surface area contributed by atoms with E-state index in [-0.39, 0.29) is 5.78 Å². The van der Waals surface area contributed by atoms with E-state index in [9.17, 15) is 9.90 Å². The Balaban J connectivity index is 2.16. The Hall–Kier alpha value is -0.370. The molecule has 1 aliphatic rings. The van der Waals surface area contributed by atoms with Gasteiger partial charge in [-0.2, -0.15) is 0 Å². The molecule has 1 fully saturated rings. The Kier molecular flexibility index (Phi) is 3.06. The average molecular weight is 156 g/mol. The Morgan fingerprint density at radius 1 is 1.64 bits per heavy atom. The fourth-order valence-electron chi connectivity index (χ4n) is 1.17. The Bertz CT molecular complexity index is 138. The third-order valence-corrected chi connectivity index (χ3v) is 2.18. The molecule has 0 spiro atoms. The van der Waals surface area contributed by atoms with Crippen LogP contribution in [0.5, 0.6) is 0 Å². The minimum absolute atomic E-state index is 0.0503. The maximum atomic E-state index is 11.1. The van der Waals surface area contributed by atoms with Crippen LogP contribution in [0, 0.1) is 5.92 Å². The van der Waals surface area contributed by atoms with Gasteiger partial charge >= 0.3 is 0 Å². The lowest BCUT2D eigenvalue weighted by Gasteiger charge is -2.06. The normalized spacial score (nSPS) is 19.8. The summed E-state index contributed by atoms with van der Waals surface area (Å²) in [5.74, 6) is 0.355. The molecule has 0 aromatic rings. The fraction of sp³-hybridized carbons (Fsp3) is 0.889. The molecule has 0 aromatic carbocycles. The smallest absolute Gasteiger partial charge is 0.161 e. The van der Waals surface area contributed by atoms with Gasteiger partial charge in [0.1, 0.15) is 6.10 Å². The summed E-state index contributed by atoms with van der Waals surface area (Å²) in [6, 6.07) is 0. The summed E-state index contributed by atoms with van der Waals surface area (Å²) in [5, 5.41) is 9.33. The highest BCUT2D eigenvalue weighted by Gasteiger charge is 2.33. The first-order valence-electron chi connectivity index (χ1n) is 4.46. The van der Waals surface area contributed by atoms with Gasteiger partial charge in [0.2, 0.25) is 0 Å². The highest BCUT2D eigenvalue weighted by molar-refractivity contribution is 5.83. The van der Waals surface area contributed by atoms with Gasteiger partial charge in [-0.15, -0.1) is 0 Å². The first-order valence-corrected chi connectivity index (χ1v) is 4.46. The second-order valence-corrected chi connectivity index (χ2v) is 3.35. The van der Waals surface area contributed by atoms with Crippen LogP contribution in [0.4, 0.5) is 0 Å². The molecule has 1 N–H and O–H groups in total. The number of hydrogen-bond donors (Lipinski definition) is 1. The fourth-order valence-corrected chi connectivity index (χ4v) is 1.17. The molecular formula is C9H16O2. The number of aliphatic hydroxyl groups excluding tert-OH is 1. The van der Waals surface area contributed by atoms with Crippen molar-refractivity contribution in [3.63, 3.8) is 0 Å². The zero-order valence-corrected chi connectivity index (χ0v) is 7.05. The lowest BCUT2D eigenvalue weighted by molar-refractivity contribution is -0.128. The number of aliphatic hydroxyl groups is 1. The van der Waals surface area contributed by atoms with Gasteiger partial charge in [-0.05, 0) is 25.2 Å². The Morgan fingerprint density at radius 2 is 2.27 bits per heavy atom. The third kappa shape index (κ3) is 2.62. The van der Waals surface area contributed by atoms with Gasteiger partial charge in [-0.25, -0.2) is 0 Å². The number of carbonyl (C=O) groups excluding carboxylic acids is 1. The van der Waals surface area contributed by atoms with E-state index in [4.69, 9.17) is 0 Å². The lowest BCUT2D eigenvalue weighted by atomic mass is 10.1. The molecule has 1 aliphatic carbocycles. The summed E-state index contributed by atoms with van der Waals surface area (Å²) in [6.45, 7) is 2.05. The van der Waals surface area contributed by atoms with Crippen LogP contribution in [0.15, 0.2) is 0 Å². The van der Waals surface area contributed by atoms with Crippen LogP contribution in [-0.4, -0.2) is 17.0 Å². The summed E-state index contributed by atoms with van der Waals surface area (Å²) in [5.41, 5.74) is 0. The zero-order valence-electron chi connectivity index (χ0n) is 7.05. The number of hydrogen-bond acceptors (Lipinski definition) is 2. The van der Waals surface area contributed by atoms with Crippen molar-refractivity contribution in [3.05, 3.63) is 0 Å². The Labute approximate surface area is 67.6 Å². The van der Waals surface area contributed by atoms with Gasteiger partial charge in [0.25, 0.3) is 0 Å². The third-order valence-electron chi connectivity index (χ3n) is 2.18. The van der Waals surface area contributed by atoms with Crippen molar-refractivity contribution in [2.45, 2.75) is 45.1 Å².